The number of nitrogens with one attached hydrogen (secondary N) is 2. The van der Waals surface area contributed by atoms with Gasteiger partial charge < -0.3 is 10.1 Å². The van der Waals surface area contributed by atoms with Gasteiger partial charge in [0.15, 0.2) is 0 Å². The SMILES string of the molecule is NS(=O)(=O)NC(=O)/C(=C/c1ccc(Oc2ccccc2Br)cc1)NC(=O)c1ccccc1. The van der Waals surface area contributed by atoms with Crippen LogP contribution in [0.5, 0.6) is 11.5 Å². The molecule has 0 saturated heterocycles. The Kier molecular flexibility index (Phi) is 7.41. The maximum Gasteiger partial charge on any atom is 0.299 e. The van der Waals surface area contributed by atoms with E-state index in [1.807, 2.05) is 18.2 Å². The molecule has 0 aliphatic rings. The molecule has 0 saturated carbocycles. The summed E-state index contributed by atoms with van der Waals surface area (Å²) < 4.78 is 30.8. The normalized spacial score (nSPS) is 11.5. The lowest BCUT2D eigenvalue weighted by atomic mass is 10.1. The number of benzene rings is 3. The van der Waals surface area contributed by atoms with Crippen LogP contribution in [0, 0.1) is 0 Å². The summed E-state index contributed by atoms with van der Waals surface area (Å²) in [6.45, 7) is 0. The topological polar surface area (TPSA) is 128 Å². The van der Waals surface area contributed by atoms with Gasteiger partial charge in [-0.2, -0.15) is 8.42 Å². The molecule has 8 nitrogen and oxygen atoms in total. The first-order valence-corrected chi connectivity index (χ1v) is 11.5. The Balaban J connectivity index is 1.84. The van der Waals surface area contributed by atoms with E-state index in [1.165, 1.54) is 6.08 Å². The highest BCUT2D eigenvalue weighted by molar-refractivity contribution is 9.10. The van der Waals surface area contributed by atoms with E-state index < -0.39 is 22.0 Å². The number of rotatable bonds is 7. The Bertz CT molecular complexity index is 1260. The van der Waals surface area contributed by atoms with E-state index in [4.69, 9.17) is 9.88 Å². The third-order valence-electron chi connectivity index (χ3n) is 4.02. The molecule has 0 aromatic heterocycles. The van der Waals surface area contributed by atoms with Crippen molar-refractivity contribution in [1.82, 2.24) is 10.0 Å². The molecular formula is C22H18BrN3O5S. The molecule has 3 rings (SSSR count). The summed E-state index contributed by atoms with van der Waals surface area (Å²) >= 11 is 3.40. The van der Waals surface area contributed by atoms with Gasteiger partial charge in [-0.05, 0) is 64.0 Å². The number of amides is 2. The van der Waals surface area contributed by atoms with Crippen LogP contribution in [0.1, 0.15) is 15.9 Å². The molecule has 10 heteroatoms. The van der Waals surface area contributed by atoms with Gasteiger partial charge in [-0.15, -0.1) is 0 Å². The maximum atomic E-state index is 12.5. The number of carbonyl (C=O) groups excluding carboxylic acids is 2. The number of hydrogen-bond donors (Lipinski definition) is 3. The Labute approximate surface area is 193 Å². The predicted octanol–water partition coefficient (Wildman–Crippen LogP) is 3.33. The van der Waals surface area contributed by atoms with Crippen molar-refractivity contribution in [2.24, 2.45) is 5.14 Å². The second-order valence-electron chi connectivity index (χ2n) is 6.46. The zero-order valence-corrected chi connectivity index (χ0v) is 18.9. The number of carbonyl (C=O) groups is 2. The highest BCUT2D eigenvalue weighted by Crippen LogP contribution is 2.29. The second kappa shape index (κ2) is 10.2. The number of para-hydroxylation sites is 1. The molecule has 0 unspecified atom stereocenters. The predicted molar refractivity (Wildman–Crippen MR) is 124 cm³/mol. The van der Waals surface area contributed by atoms with Crippen molar-refractivity contribution in [3.63, 3.8) is 0 Å². The van der Waals surface area contributed by atoms with E-state index in [2.05, 4.69) is 21.2 Å². The van der Waals surface area contributed by atoms with Crippen LogP contribution in [-0.2, 0) is 15.0 Å². The highest BCUT2D eigenvalue weighted by atomic mass is 79.9. The quantitative estimate of drug-likeness (QED) is 0.415. The maximum absolute atomic E-state index is 12.5. The molecule has 3 aromatic carbocycles. The molecule has 0 radical (unpaired) electrons. The molecule has 2 amide bonds. The fraction of sp³-hybridized carbons (Fsp3) is 0. The van der Waals surface area contributed by atoms with Crippen molar-refractivity contribution >= 4 is 44.0 Å². The fourth-order valence-electron chi connectivity index (χ4n) is 2.58. The van der Waals surface area contributed by atoms with Gasteiger partial charge in [0.1, 0.15) is 17.2 Å². The first-order chi connectivity index (χ1) is 15.2. The van der Waals surface area contributed by atoms with E-state index in [-0.39, 0.29) is 5.70 Å². The minimum Gasteiger partial charge on any atom is -0.456 e. The largest absolute Gasteiger partial charge is 0.456 e. The van der Waals surface area contributed by atoms with Crippen LogP contribution in [0.25, 0.3) is 6.08 Å². The van der Waals surface area contributed by atoms with Crippen molar-refractivity contribution in [1.29, 1.82) is 0 Å². The first-order valence-electron chi connectivity index (χ1n) is 9.17. The summed E-state index contributed by atoms with van der Waals surface area (Å²) in [5, 5.41) is 7.31. The van der Waals surface area contributed by atoms with Crippen LogP contribution in [0.4, 0.5) is 0 Å². The molecule has 0 heterocycles. The third-order valence-corrected chi connectivity index (χ3v) is 5.14. The smallest absolute Gasteiger partial charge is 0.299 e. The highest BCUT2D eigenvalue weighted by Gasteiger charge is 2.18. The van der Waals surface area contributed by atoms with E-state index in [0.29, 0.717) is 22.6 Å². The molecule has 164 valence electrons. The molecule has 0 aliphatic carbocycles. The lowest BCUT2D eigenvalue weighted by molar-refractivity contribution is -0.116. The summed E-state index contributed by atoms with van der Waals surface area (Å²) in [6.07, 6.45) is 1.32. The Hall–Kier alpha value is -3.47. The van der Waals surface area contributed by atoms with Crippen LogP contribution in [0.15, 0.2) is 89.0 Å². The lowest BCUT2D eigenvalue weighted by Crippen LogP contribution is -2.41. The Morgan fingerprint density at radius 3 is 2.16 bits per heavy atom. The summed E-state index contributed by atoms with van der Waals surface area (Å²) in [7, 11) is -4.32. The molecule has 0 aliphatic heterocycles. The average molecular weight is 516 g/mol. The number of halogens is 1. The number of ether oxygens (including phenoxy) is 1. The van der Waals surface area contributed by atoms with Crippen molar-refractivity contribution in [2.45, 2.75) is 0 Å². The minimum atomic E-state index is -4.32. The second-order valence-corrected chi connectivity index (χ2v) is 8.60. The van der Waals surface area contributed by atoms with Crippen molar-refractivity contribution < 1.29 is 22.7 Å². The summed E-state index contributed by atoms with van der Waals surface area (Å²) in [6, 6.07) is 22.1. The monoisotopic (exact) mass is 515 g/mol. The van der Waals surface area contributed by atoms with Crippen LogP contribution in [0.2, 0.25) is 0 Å². The van der Waals surface area contributed by atoms with Crippen molar-refractivity contribution in [3.8, 4) is 11.5 Å². The molecule has 0 atom stereocenters. The Morgan fingerprint density at radius 1 is 0.906 bits per heavy atom. The number of nitrogens with two attached hydrogens (primary N) is 1. The molecule has 3 aromatic rings. The molecule has 32 heavy (non-hydrogen) atoms. The summed E-state index contributed by atoms with van der Waals surface area (Å²) in [4.78, 5) is 24.9. The van der Waals surface area contributed by atoms with Crippen molar-refractivity contribution in [3.05, 3.63) is 100 Å². The zero-order valence-electron chi connectivity index (χ0n) is 16.5. The van der Waals surface area contributed by atoms with Gasteiger partial charge in [-0.3, -0.25) is 9.59 Å². The molecular weight excluding hydrogens is 498 g/mol. The van der Waals surface area contributed by atoms with Crippen LogP contribution < -0.4 is 19.9 Å². The van der Waals surface area contributed by atoms with Crippen LogP contribution in [-0.4, -0.2) is 20.2 Å². The molecule has 0 fully saturated rings. The third kappa shape index (κ3) is 6.77. The van der Waals surface area contributed by atoms with E-state index in [1.54, 1.807) is 65.4 Å². The lowest BCUT2D eigenvalue weighted by Gasteiger charge is -2.11. The molecule has 4 N–H and O–H groups in total. The summed E-state index contributed by atoms with van der Waals surface area (Å²) in [5.41, 5.74) is 0.503. The van der Waals surface area contributed by atoms with E-state index in [0.717, 1.165) is 4.47 Å². The van der Waals surface area contributed by atoms with Gasteiger partial charge in [-0.25, -0.2) is 9.86 Å². The first kappa shape index (κ1) is 23.2. The van der Waals surface area contributed by atoms with Crippen molar-refractivity contribution in [2.75, 3.05) is 0 Å². The van der Waals surface area contributed by atoms with Gasteiger partial charge in [0.05, 0.1) is 4.47 Å². The number of hydrogen-bond acceptors (Lipinski definition) is 5. The zero-order chi connectivity index (χ0) is 23.1. The van der Waals surface area contributed by atoms with Crippen LogP contribution in [0.3, 0.4) is 0 Å². The molecule has 0 bridgehead atoms. The van der Waals surface area contributed by atoms with Gasteiger partial charge in [0.25, 0.3) is 22.0 Å². The Morgan fingerprint density at radius 2 is 1.53 bits per heavy atom. The minimum absolute atomic E-state index is 0.291. The van der Waals surface area contributed by atoms with Gasteiger partial charge >= 0.3 is 0 Å². The fourth-order valence-corrected chi connectivity index (χ4v) is 3.31. The van der Waals surface area contributed by atoms with Crippen LogP contribution >= 0.6 is 15.9 Å². The van der Waals surface area contributed by atoms with Gasteiger partial charge in [0.2, 0.25) is 0 Å². The van der Waals surface area contributed by atoms with Gasteiger partial charge in [-0.1, -0.05) is 42.5 Å². The van der Waals surface area contributed by atoms with E-state index >= 15 is 0 Å². The van der Waals surface area contributed by atoms with E-state index in [9.17, 15) is 18.0 Å². The average Bonchev–Trinajstić information content (AvgIpc) is 2.75. The van der Waals surface area contributed by atoms with Gasteiger partial charge in [0, 0.05) is 5.56 Å². The standard InChI is InChI=1S/C22H18BrN3O5S/c23-18-8-4-5-9-20(18)31-17-12-10-15(11-13-17)14-19(22(28)26-32(24,29)30)25-21(27)16-6-2-1-3-7-16/h1-14H,(H,25,27)(H,26,28)(H2,24,29,30)/b19-14-. The summed E-state index contributed by atoms with van der Waals surface area (Å²) in [5.74, 6) is -0.502. The molecule has 0 spiro atoms.